The van der Waals surface area contributed by atoms with Crippen LogP contribution < -0.4 is 0 Å². The smallest absolute Gasteiger partial charge is 0.193 e. The fourth-order valence-corrected chi connectivity index (χ4v) is 3.08. The van der Waals surface area contributed by atoms with Gasteiger partial charge in [-0.3, -0.25) is 4.79 Å². The van der Waals surface area contributed by atoms with E-state index < -0.39 is 0 Å². The van der Waals surface area contributed by atoms with E-state index in [9.17, 15) is 13.6 Å². The van der Waals surface area contributed by atoms with Crippen molar-refractivity contribution in [3.05, 3.63) is 120 Å². The molecule has 0 aliphatic carbocycles. The van der Waals surface area contributed by atoms with Crippen molar-refractivity contribution in [3.63, 3.8) is 0 Å². The molecule has 0 N–H and O–H groups in total. The Balaban J connectivity index is 1.54. The van der Waals surface area contributed by atoms with Crippen LogP contribution in [0.3, 0.4) is 0 Å². The van der Waals surface area contributed by atoms with Gasteiger partial charge in [0.25, 0.3) is 0 Å². The molecule has 0 fully saturated rings. The topological polar surface area (TPSA) is 17.1 Å². The second-order valence-electron chi connectivity index (χ2n) is 6.50. The molecule has 0 saturated carbocycles. The minimum Gasteiger partial charge on any atom is -0.289 e. The Labute approximate surface area is 161 Å². The lowest BCUT2D eigenvalue weighted by atomic mass is 9.97. The Morgan fingerprint density at radius 1 is 0.429 bits per heavy atom. The molecule has 0 aromatic heterocycles. The summed E-state index contributed by atoms with van der Waals surface area (Å²) in [5, 5.41) is 0. The number of carbonyl (C=O) groups excluding carboxylic acids is 1. The first-order chi connectivity index (χ1) is 13.6. The lowest BCUT2D eigenvalue weighted by molar-refractivity contribution is 0.103. The van der Waals surface area contributed by atoms with E-state index in [2.05, 4.69) is 0 Å². The summed E-state index contributed by atoms with van der Waals surface area (Å²) in [6.07, 6.45) is 0. The van der Waals surface area contributed by atoms with E-state index in [0.29, 0.717) is 11.1 Å². The standard InChI is InChI=1S/C25H16F2O/c26-23-13-9-19(10-14-23)17-1-5-21(6-2-17)25(28)22-7-3-18(4-8-22)20-11-15-24(27)16-12-20/h1-16H. The van der Waals surface area contributed by atoms with Crippen molar-refractivity contribution in [2.45, 2.75) is 0 Å². The summed E-state index contributed by atoms with van der Waals surface area (Å²) in [4.78, 5) is 12.7. The van der Waals surface area contributed by atoms with Crippen LogP contribution in [0.15, 0.2) is 97.1 Å². The first-order valence-corrected chi connectivity index (χ1v) is 8.87. The quantitative estimate of drug-likeness (QED) is 0.373. The van der Waals surface area contributed by atoms with Gasteiger partial charge in [0.1, 0.15) is 11.6 Å². The predicted octanol–water partition coefficient (Wildman–Crippen LogP) is 6.53. The lowest BCUT2D eigenvalue weighted by Gasteiger charge is -2.06. The monoisotopic (exact) mass is 370 g/mol. The third-order valence-corrected chi connectivity index (χ3v) is 4.65. The predicted molar refractivity (Wildman–Crippen MR) is 107 cm³/mol. The summed E-state index contributed by atoms with van der Waals surface area (Å²) in [5.74, 6) is -0.629. The van der Waals surface area contributed by atoms with Gasteiger partial charge in [-0.05, 0) is 46.5 Å². The molecule has 0 radical (unpaired) electrons. The molecule has 1 nitrogen and oxygen atoms in total. The average Bonchev–Trinajstić information content (AvgIpc) is 2.75. The Morgan fingerprint density at radius 3 is 0.964 bits per heavy atom. The summed E-state index contributed by atoms with van der Waals surface area (Å²) in [7, 11) is 0. The molecule has 4 aromatic carbocycles. The van der Waals surface area contributed by atoms with Gasteiger partial charge in [0, 0.05) is 11.1 Å². The van der Waals surface area contributed by atoms with Crippen molar-refractivity contribution >= 4 is 5.78 Å². The fourth-order valence-electron chi connectivity index (χ4n) is 3.08. The van der Waals surface area contributed by atoms with Gasteiger partial charge in [0.05, 0.1) is 0 Å². The van der Waals surface area contributed by atoms with Gasteiger partial charge in [-0.25, -0.2) is 8.78 Å². The summed E-state index contributed by atoms with van der Waals surface area (Å²) >= 11 is 0. The minimum atomic E-state index is -0.278. The first kappa shape index (κ1) is 17.8. The largest absolute Gasteiger partial charge is 0.289 e. The normalized spacial score (nSPS) is 10.6. The van der Waals surface area contributed by atoms with Crippen molar-refractivity contribution < 1.29 is 13.6 Å². The molecule has 3 heteroatoms. The van der Waals surface area contributed by atoms with Gasteiger partial charge in [0.15, 0.2) is 5.78 Å². The van der Waals surface area contributed by atoms with E-state index in [1.807, 2.05) is 24.3 Å². The molecule has 0 aliphatic rings. The Kier molecular flexibility index (Phi) is 4.81. The zero-order valence-corrected chi connectivity index (χ0v) is 14.9. The molecular formula is C25H16F2O. The average molecular weight is 370 g/mol. The van der Waals surface area contributed by atoms with E-state index in [1.165, 1.54) is 24.3 Å². The van der Waals surface area contributed by atoms with Crippen LogP contribution >= 0.6 is 0 Å². The van der Waals surface area contributed by atoms with E-state index in [-0.39, 0.29) is 17.4 Å². The molecular weight excluding hydrogens is 354 g/mol. The molecule has 4 aromatic rings. The van der Waals surface area contributed by atoms with Crippen LogP contribution in [0, 0.1) is 11.6 Å². The van der Waals surface area contributed by atoms with Crippen LogP contribution in [-0.4, -0.2) is 5.78 Å². The SMILES string of the molecule is O=C(c1ccc(-c2ccc(F)cc2)cc1)c1ccc(-c2ccc(F)cc2)cc1. The summed E-state index contributed by atoms with van der Waals surface area (Å²) in [6, 6.07) is 27.0. The molecule has 4 rings (SSSR count). The van der Waals surface area contributed by atoms with E-state index in [1.54, 1.807) is 48.5 Å². The molecule has 136 valence electrons. The number of halogens is 2. The molecule has 0 spiro atoms. The van der Waals surface area contributed by atoms with Crippen molar-refractivity contribution in [3.8, 4) is 22.3 Å². The molecule has 0 bridgehead atoms. The van der Waals surface area contributed by atoms with Gasteiger partial charge >= 0.3 is 0 Å². The third-order valence-electron chi connectivity index (χ3n) is 4.65. The van der Waals surface area contributed by atoms with Gasteiger partial charge in [-0.1, -0.05) is 72.8 Å². The summed E-state index contributed by atoms with van der Waals surface area (Å²) in [6.45, 7) is 0. The highest BCUT2D eigenvalue weighted by molar-refractivity contribution is 6.09. The molecule has 0 aliphatic heterocycles. The summed E-state index contributed by atoms with van der Waals surface area (Å²) in [5.41, 5.74) is 4.79. The van der Waals surface area contributed by atoms with E-state index >= 15 is 0 Å². The lowest BCUT2D eigenvalue weighted by Crippen LogP contribution is -2.00. The van der Waals surface area contributed by atoms with Gasteiger partial charge in [0.2, 0.25) is 0 Å². The number of rotatable bonds is 4. The highest BCUT2D eigenvalue weighted by Crippen LogP contribution is 2.23. The Bertz CT molecular complexity index is 1000. The number of ketones is 1. The first-order valence-electron chi connectivity index (χ1n) is 8.87. The third kappa shape index (κ3) is 3.74. The molecule has 28 heavy (non-hydrogen) atoms. The van der Waals surface area contributed by atoms with Gasteiger partial charge in [-0.2, -0.15) is 0 Å². The van der Waals surface area contributed by atoms with Gasteiger partial charge in [-0.15, -0.1) is 0 Å². The van der Waals surface area contributed by atoms with Crippen LogP contribution in [0.4, 0.5) is 8.78 Å². The molecule has 0 heterocycles. The van der Waals surface area contributed by atoms with Crippen molar-refractivity contribution in [2.24, 2.45) is 0 Å². The van der Waals surface area contributed by atoms with E-state index in [4.69, 9.17) is 0 Å². The maximum atomic E-state index is 13.1. The zero-order chi connectivity index (χ0) is 19.5. The van der Waals surface area contributed by atoms with Crippen LogP contribution in [-0.2, 0) is 0 Å². The maximum Gasteiger partial charge on any atom is 0.193 e. The Morgan fingerprint density at radius 2 is 0.679 bits per heavy atom. The second-order valence-corrected chi connectivity index (χ2v) is 6.50. The highest BCUT2D eigenvalue weighted by atomic mass is 19.1. The number of hydrogen-bond donors (Lipinski definition) is 0. The van der Waals surface area contributed by atoms with Crippen LogP contribution in [0.1, 0.15) is 15.9 Å². The molecule has 0 atom stereocenters. The second kappa shape index (κ2) is 7.57. The van der Waals surface area contributed by atoms with Gasteiger partial charge < -0.3 is 0 Å². The number of carbonyl (C=O) groups is 1. The highest BCUT2D eigenvalue weighted by Gasteiger charge is 2.10. The summed E-state index contributed by atoms with van der Waals surface area (Å²) < 4.78 is 26.1. The zero-order valence-electron chi connectivity index (χ0n) is 14.9. The van der Waals surface area contributed by atoms with Crippen LogP contribution in [0.5, 0.6) is 0 Å². The van der Waals surface area contributed by atoms with Crippen molar-refractivity contribution in [2.75, 3.05) is 0 Å². The molecule has 0 amide bonds. The molecule has 0 unspecified atom stereocenters. The Hall–Kier alpha value is -3.59. The van der Waals surface area contributed by atoms with Crippen molar-refractivity contribution in [1.82, 2.24) is 0 Å². The van der Waals surface area contributed by atoms with Crippen molar-refractivity contribution in [1.29, 1.82) is 0 Å². The number of hydrogen-bond acceptors (Lipinski definition) is 1. The fraction of sp³-hybridized carbons (Fsp3) is 0. The van der Waals surface area contributed by atoms with Crippen LogP contribution in [0.2, 0.25) is 0 Å². The maximum absolute atomic E-state index is 13.1. The minimum absolute atomic E-state index is 0.0729. The van der Waals surface area contributed by atoms with E-state index in [0.717, 1.165) is 22.3 Å². The molecule has 0 saturated heterocycles. The van der Waals surface area contributed by atoms with Crippen LogP contribution in [0.25, 0.3) is 22.3 Å². The number of benzene rings is 4.